The number of nitrogens with zero attached hydrogens (tertiary/aromatic N) is 1. The van der Waals surface area contributed by atoms with Crippen molar-refractivity contribution in [1.29, 1.82) is 0 Å². The number of hydrogen-bond acceptors (Lipinski definition) is 3. The van der Waals surface area contributed by atoms with Crippen molar-refractivity contribution in [1.82, 2.24) is 0 Å². The standard InChI is InChI=1S/C14H22NO3.ClH/c1-15(2,3)10-13(16)9-14(17)18-11-12-7-5-4-6-8-12;/h4-8,13,16H,9-11H2,1-3H3;1H/q+1;/p-1. The maximum atomic E-state index is 11.5. The van der Waals surface area contributed by atoms with E-state index < -0.39 is 6.10 Å². The predicted octanol–water partition coefficient (Wildman–Crippen LogP) is -1.81. The van der Waals surface area contributed by atoms with Gasteiger partial charge in [-0.3, -0.25) is 4.79 Å². The van der Waals surface area contributed by atoms with Crippen molar-refractivity contribution in [3.05, 3.63) is 35.9 Å². The number of aliphatic hydroxyl groups excluding tert-OH is 1. The highest BCUT2D eigenvalue weighted by Crippen LogP contribution is 2.04. The first-order chi connectivity index (χ1) is 8.37. The Balaban J connectivity index is 0.00000324. The first-order valence-corrected chi connectivity index (χ1v) is 6.05. The highest BCUT2D eigenvalue weighted by Gasteiger charge is 2.19. The van der Waals surface area contributed by atoms with Gasteiger partial charge in [0, 0.05) is 0 Å². The van der Waals surface area contributed by atoms with Crippen molar-refractivity contribution < 1.29 is 31.5 Å². The molecule has 4 nitrogen and oxygen atoms in total. The Morgan fingerprint density at radius 3 is 2.37 bits per heavy atom. The van der Waals surface area contributed by atoms with Crippen LogP contribution in [0, 0.1) is 0 Å². The largest absolute Gasteiger partial charge is 1.00 e. The van der Waals surface area contributed by atoms with Crippen LogP contribution in [-0.4, -0.2) is 49.4 Å². The second-order valence-electron chi connectivity index (χ2n) is 5.48. The minimum absolute atomic E-state index is 0. The Kier molecular flexibility index (Phi) is 7.68. The highest BCUT2D eigenvalue weighted by atomic mass is 35.5. The summed E-state index contributed by atoms with van der Waals surface area (Å²) in [6, 6.07) is 9.51. The minimum atomic E-state index is -0.659. The van der Waals surface area contributed by atoms with E-state index in [1.54, 1.807) is 0 Å². The van der Waals surface area contributed by atoms with E-state index >= 15 is 0 Å². The molecule has 1 N–H and O–H groups in total. The molecule has 0 aliphatic rings. The van der Waals surface area contributed by atoms with Crippen LogP contribution >= 0.6 is 0 Å². The molecular weight excluding hydrogens is 266 g/mol. The van der Waals surface area contributed by atoms with Crippen molar-refractivity contribution in [2.75, 3.05) is 27.7 Å². The summed E-state index contributed by atoms with van der Waals surface area (Å²) in [5.74, 6) is -0.361. The Morgan fingerprint density at radius 1 is 1.26 bits per heavy atom. The summed E-state index contributed by atoms with van der Waals surface area (Å²) in [5, 5.41) is 9.74. The number of quaternary nitrogens is 1. The molecule has 108 valence electrons. The van der Waals surface area contributed by atoms with Gasteiger partial charge in [-0.25, -0.2) is 0 Å². The molecule has 0 saturated heterocycles. The molecule has 0 radical (unpaired) electrons. The molecule has 0 aliphatic heterocycles. The monoisotopic (exact) mass is 287 g/mol. The fourth-order valence-electron chi connectivity index (χ4n) is 1.69. The van der Waals surface area contributed by atoms with E-state index in [-0.39, 0.29) is 31.4 Å². The van der Waals surface area contributed by atoms with Gasteiger partial charge in [-0.05, 0) is 5.56 Å². The van der Waals surface area contributed by atoms with Crippen LogP contribution in [0.1, 0.15) is 12.0 Å². The van der Waals surface area contributed by atoms with Gasteiger partial charge in [-0.1, -0.05) is 30.3 Å². The Morgan fingerprint density at radius 2 is 1.84 bits per heavy atom. The highest BCUT2D eigenvalue weighted by molar-refractivity contribution is 5.69. The lowest BCUT2D eigenvalue weighted by Gasteiger charge is -2.26. The van der Waals surface area contributed by atoms with Crippen LogP contribution in [0.5, 0.6) is 0 Å². The van der Waals surface area contributed by atoms with Crippen molar-refractivity contribution >= 4 is 5.97 Å². The zero-order valence-electron chi connectivity index (χ0n) is 11.7. The molecule has 0 aliphatic carbocycles. The summed E-state index contributed by atoms with van der Waals surface area (Å²) < 4.78 is 5.73. The number of hydrogen-bond donors (Lipinski definition) is 1. The molecule has 1 rings (SSSR count). The normalized spacial score (nSPS) is 12.4. The molecule has 0 heterocycles. The second-order valence-corrected chi connectivity index (χ2v) is 5.48. The lowest BCUT2D eigenvalue weighted by Crippen LogP contribution is -3.00. The molecule has 0 saturated carbocycles. The lowest BCUT2D eigenvalue weighted by atomic mass is 10.2. The predicted molar refractivity (Wildman–Crippen MR) is 69.8 cm³/mol. The molecule has 19 heavy (non-hydrogen) atoms. The van der Waals surface area contributed by atoms with Crippen LogP contribution < -0.4 is 12.4 Å². The maximum Gasteiger partial charge on any atom is 0.308 e. The molecule has 0 fully saturated rings. The van der Waals surface area contributed by atoms with E-state index in [4.69, 9.17) is 4.74 Å². The van der Waals surface area contributed by atoms with Crippen molar-refractivity contribution in [2.45, 2.75) is 19.1 Å². The number of ether oxygens (including phenoxy) is 1. The molecule has 5 heteroatoms. The summed E-state index contributed by atoms with van der Waals surface area (Å²) in [7, 11) is 5.91. The summed E-state index contributed by atoms with van der Waals surface area (Å²) >= 11 is 0. The number of esters is 1. The zero-order chi connectivity index (χ0) is 13.6. The van der Waals surface area contributed by atoms with Gasteiger partial charge in [-0.2, -0.15) is 0 Å². The molecule has 0 amide bonds. The smallest absolute Gasteiger partial charge is 0.308 e. The van der Waals surface area contributed by atoms with Crippen LogP contribution in [0.15, 0.2) is 30.3 Å². The molecule has 1 aromatic carbocycles. The first-order valence-electron chi connectivity index (χ1n) is 6.05. The summed E-state index contributed by atoms with van der Waals surface area (Å²) in [4.78, 5) is 11.5. The van der Waals surface area contributed by atoms with Gasteiger partial charge in [0.15, 0.2) is 0 Å². The van der Waals surface area contributed by atoms with Gasteiger partial charge in [0.05, 0.1) is 27.6 Å². The van der Waals surface area contributed by atoms with Crippen LogP contribution in [0.25, 0.3) is 0 Å². The Hall–Kier alpha value is -1.10. The Bertz CT molecular complexity index is 376. The maximum absolute atomic E-state index is 11.5. The number of likely N-dealkylation sites (N-methyl/N-ethyl adjacent to an activating group) is 1. The molecule has 1 aromatic rings. The number of benzene rings is 1. The number of rotatable bonds is 6. The summed E-state index contributed by atoms with van der Waals surface area (Å²) in [6.45, 7) is 0.789. The van der Waals surface area contributed by atoms with Gasteiger partial charge in [0.25, 0.3) is 0 Å². The van der Waals surface area contributed by atoms with Crippen molar-refractivity contribution in [3.63, 3.8) is 0 Å². The number of carbonyl (C=O) groups excluding carboxylic acids is 1. The number of carbonyl (C=O) groups is 1. The van der Waals surface area contributed by atoms with Crippen LogP contribution in [0.4, 0.5) is 0 Å². The minimum Gasteiger partial charge on any atom is -1.00 e. The van der Waals surface area contributed by atoms with Crippen LogP contribution in [0.3, 0.4) is 0 Å². The SMILES string of the molecule is C[N+](C)(C)CC(O)CC(=O)OCc1ccccc1.[Cl-]. The molecular formula is C14H22ClNO3. The summed E-state index contributed by atoms with van der Waals surface area (Å²) in [5.41, 5.74) is 0.951. The number of aliphatic hydroxyl groups is 1. The molecule has 1 atom stereocenters. The fourth-order valence-corrected chi connectivity index (χ4v) is 1.69. The van der Waals surface area contributed by atoms with E-state index in [1.165, 1.54) is 0 Å². The van der Waals surface area contributed by atoms with Gasteiger partial charge < -0.3 is 26.7 Å². The summed E-state index contributed by atoms with van der Waals surface area (Å²) in [6.07, 6.45) is -0.615. The Labute approximate surface area is 121 Å². The second kappa shape index (κ2) is 8.15. The molecule has 0 aromatic heterocycles. The first kappa shape index (κ1) is 17.9. The van der Waals surface area contributed by atoms with Gasteiger partial charge in [-0.15, -0.1) is 0 Å². The van der Waals surface area contributed by atoms with Gasteiger partial charge in [0.2, 0.25) is 0 Å². The van der Waals surface area contributed by atoms with Crippen LogP contribution in [0.2, 0.25) is 0 Å². The average Bonchev–Trinajstić information content (AvgIpc) is 2.25. The quantitative estimate of drug-likeness (QED) is 0.496. The van der Waals surface area contributed by atoms with E-state index in [0.717, 1.165) is 5.56 Å². The van der Waals surface area contributed by atoms with Crippen LogP contribution in [-0.2, 0) is 16.1 Å². The van der Waals surface area contributed by atoms with E-state index in [0.29, 0.717) is 11.0 Å². The molecule has 0 bridgehead atoms. The van der Waals surface area contributed by atoms with Gasteiger partial charge in [0.1, 0.15) is 19.3 Å². The van der Waals surface area contributed by atoms with E-state index in [9.17, 15) is 9.90 Å². The van der Waals surface area contributed by atoms with Gasteiger partial charge >= 0.3 is 5.97 Å². The molecule has 0 spiro atoms. The topological polar surface area (TPSA) is 46.5 Å². The van der Waals surface area contributed by atoms with Crippen molar-refractivity contribution in [2.24, 2.45) is 0 Å². The molecule has 1 unspecified atom stereocenters. The third-order valence-electron chi connectivity index (χ3n) is 2.40. The zero-order valence-corrected chi connectivity index (χ0v) is 12.4. The van der Waals surface area contributed by atoms with E-state index in [2.05, 4.69) is 0 Å². The third-order valence-corrected chi connectivity index (χ3v) is 2.40. The van der Waals surface area contributed by atoms with Crippen molar-refractivity contribution in [3.8, 4) is 0 Å². The lowest BCUT2D eigenvalue weighted by molar-refractivity contribution is -0.873. The number of halogens is 1. The third kappa shape index (κ3) is 8.59. The fraction of sp³-hybridized carbons (Fsp3) is 0.500. The average molecular weight is 288 g/mol. The van der Waals surface area contributed by atoms with E-state index in [1.807, 2.05) is 51.5 Å².